The van der Waals surface area contributed by atoms with Gasteiger partial charge in [-0.15, -0.1) is 5.10 Å². The lowest BCUT2D eigenvalue weighted by Crippen LogP contribution is -2.01. The second-order valence-electron chi connectivity index (χ2n) is 4.90. The van der Waals surface area contributed by atoms with Crippen molar-refractivity contribution in [2.45, 2.75) is 19.6 Å². The molecule has 0 bridgehead atoms. The molecule has 0 atom stereocenters. The Morgan fingerprint density at radius 3 is 2.83 bits per heavy atom. The Labute approximate surface area is 136 Å². The van der Waals surface area contributed by atoms with Crippen molar-refractivity contribution in [1.82, 2.24) is 20.0 Å². The van der Waals surface area contributed by atoms with Crippen molar-refractivity contribution in [2.75, 3.05) is 0 Å². The Kier molecular flexibility index (Phi) is 4.43. The van der Waals surface area contributed by atoms with Crippen LogP contribution in [0.1, 0.15) is 17.8 Å². The quantitative estimate of drug-likeness (QED) is 0.418. The SMILES string of the molecule is O=[N+]([O-])c1cccc2nn(CCC#Cc3cccc(CF)n3)nc12. The highest BCUT2D eigenvalue weighted by Gasteiger charge is 2.15. The van der Waals surface area contributed by atoms with E-state index in [1.807, 2.05) is 0 Å². The van der Waals surface area contributed by atoms with Crippen LogP contribution in [0.2, 0.25) is 0 Å². The van der Waals surface area contributed by atoms with Crippen LogP contribution in [0.4, 0.5) is 10.1 Å². The number of alkyl halides is 1. The van der Waals surface area contributed by atoms with E-state index in [1.54, 1.807) is 30.3 Å². The highest BCUT2D eigenvalue weighted by molar-refractivity contribution is 5.83. The summed E-state index contributed by atoms with van der Waals surface area (Å²) in [6, 6.07) is 9.64. The lowest BCUT2D eigenvalue weighted by Gasteiger charge is -1.94. The van der Waals surface area contributed by atoms with E-state index in [-0.39, 0.29) is 11.2 Å². The van der Waals surface area contributed by atoms with E-state index in [2.05, 4.69) is 27.0 Å². The van der Waals surface area contributed by atoms with Crippen molar-refractivity contribution >= 4 is 16.7 Å². The average Bonchev–Trinajstić information content (AvgIpc) is 3.01. The normalized spacial score (nSPS) is 10.4. The summed E-state index contributed by atoms with van der Waals surface area (Å²) in [5, 5.41) is 19.3. The molecule has 2 heterocycles. The van der Waals surface area contributed by atoms with Crippen LogP contribution in [0.5, 0.6) is 0 Å². The lowest BCUT2D eigenvalue weighted by atomic mass is 10.3. The van der Waals surface area contributed by atoms with Gasteiger partial charge in [-0.1, -0.05) is 18.1 Å². The zero-order valence-corrected chi connectivity index (χ0v) is 12.5. The van der Waals surface area contributed by atoms with Crippen LogP contribution in [0, 0.1) is 22.0 Å². The molecule has 0 aliphatic heterocycles. The number of hydrogen-bond donors (Lipinski definition) is 0. The van der Waals surface area contributed by atoms with Crippen LogP contribution < -0.4 is 0 Å². The van der Waals surface area contributed by atoms with E-state index in [0.717, 1.165) is 0 Å². The predicted octanol–water partition coefficient (Wildman–Crippen LogP) is 2.65. The molecule has 24 heavy (non-hydrogen) atoms. The molecule has 0 aliphatic rings. The number of aromatic nitrogens is 4. The third kappa shape index (κ3) is 3.35. The fourth-order valence-corrected chi connectivity index (χ4v) is 2.14. The number of hydrogen-bond acceptors (Lipinski definition) is 5. The van der Waals surface area contributed by atoms with Crippen LogP contribution in [0.25, 0.3) is 11.0 Å². The Balaban J connectivity index is 1.71. The predicted molar refractivity (Wildman–Crippen MR) is 84.7 cm³/mol. The number of pyridine rings is 1. The topological polar surface area (TPSA) is 86.7 Å². The van der Waals surface area contributed by atoms with E-state index >= 15 is 0 Å². The van der Waals surface area contributed by atoms with E-state index in [9.17, 15) is 14.5 Å². The van der Waals surface area contributed by atoms with Gasteiger partial charge in [-0.25, -0.2) is 9.37 Å². The molecule has 3 aromatic rings. The zero-order valence-electron chi connectivity index (χ0n) is 12.5. The third-order valence-electron chi connectivity index (χ3n) is 3.23. The molecule has 1 aromatic carbocycles. The molecule has 0 amide bonds. The first-order valence-corrected chi connectivity index (χ1v) is 7.16. The van der Waals surface area contributed by atoms with Crippen LogP contribution in [0.15, 0.2) is 36.4 Å². The minimum atomic E-state index is -0.627. The maximum Gasteiger partial charge on any atom is 0.299 e. The molecule has 0 spiro atoms. The molecule has 2 aromatic heterocycles. The average molecular weight is 325 g/mol. The van der Waals surface area contributed by atoms with Crippen molar-refractivity contribution in [3.63, 3.8) is 0 Å². The van der Waals surface area contributed by atoms with Crippen LogP contribution in [0.3, 0.4) is 0 Å². The zero-order chi connectivity index (χ0) is 16.9. The van der Waals surface area contributed by atoms with Gasteiger partial charge in [0.05, 0.1) is 17.2 Å². The van der Waals surface area contributed by atoms with Gasteiger partial charge in [0, 0.05) is 12.5 Å². The van der Waals surface area contributed by atoms with Crippen molar-refractivity contribution in [3.05, 3.63) is 57.9 Å². The molecule has 0 saturated carbocycles. The summed E-state index contributed by atoms with van der Waals surface area (Å²) >= 11 is 0. The van der Waals surface area contributed by atoms with Crippen molar-refractivity contribution < 1.29 is 9.31 Å². The van der Waals surface area contributed by atoms with Gasteiger partial charge in [-0.2, -0.15) is 9.90 Å². The molecule has 8 heteroatoms. The third-order valence-corrected chi connectivity index (χ3v) is 3.23. The summed E-state index contributed by atoms with van der Waals surface area (Å²) in [6.45, 7) is -0.236. The largest absolute Gasteiger partial charge is 0.299 e. The molecule has 3 rings (SSSR count). The Morgan fingerprint density at radius 1 is 1.21 bits per heavy atom. The number of nitro groups is 1. The van der Waals surface area contributed by atoms with Crippen molar-refractivity contribution in [2.24, 2.45) is 0 Å². The van der Waals surface area contributed by atoms with Gasteiger partial charge in [0.1, 0.15) is 17.9 Å². The second-order valence-corrected chi connectivity index (χ2v) is 4.90. The fourth-order valence-electron chi connectivity index (χ4n) is 2.14. The fraction of sp³-hybridized carbons (Fsp3) is 0.188. The van der Waals surface area contributed by atoms with Gasteiger partial charge in [0.2, 0.25) is 0 Å². The first-order valence-electron chi connectivity index (χ1n) is 7.16. The molecule has 0 radical (unpaired) electrons. The van der Waals surface area contributed by atoms with E-state index in [0.29, 0.717) is 29.9 Å². The molecule has 0 aliphatic carbocycles. The van der Waals surface area contributed by atoms with Crippen LogP contribution >= 0.6 is 0 Å². The first kappa shape index (κ1) is 15.6. The number of nitrogens with zero attached hydrogens (tertiary/aromatic N) is 5. The van der Waals surface area contributed by atoms with Gasteiger partial charge in [0.15, 0.2) is 5.52 Å². The number of benzene rings is 1. The van der Waals surface area contributed by atoms with Gasteiger partial charge in [-0.05, 0) is 24.1 Å². The van der Waals surface area contributed by atoms with Crippen LogP contribution in [-0.4, -0.2) is 24.9 Å². The molecule has 120 valence electrons. The summed E-state index contributed by atoms with van der Waals surface area (Å²) in [6.07, 6.45) is 0.441. The summed E-state index contributed by atoms with van der Waals surface area (Å²) in [7, 11) is 0. The molecular formula is C16H12FN5O2. The summed E-state index contributed by atoms with van der Waals surface area (Å²) < 4.78 is 12.5. The summed E-state index contributed by atoms with van der Waals surface area (Å²) in [5.74, 6) is 5.76. The maximum atomic E-state index is 12.5. The first-order chi connectivity index (χ1) is 11.7. The Morgan fingerprint density at radius 2 is 2.04 bits per heavy atom. The maximum absolute atomic E-state index is 12.5. The summed E-state index contributed by atoms with van der Waals surface area (Å²) in [4.78, 5) is 15.9. The standard InChI is InChI=1S/C16H12FN5O2/c17-11-13-7-3-6-12(18-13)5-1-2-10-21-19-14-8-4-9-15(22(23)24)16(14)20-21/h3-4,6-9H,2,10-11H2. The molecule has 7 nitrogen and oxygen atoms in total. The van der Waals surface area contributed by atoms with E-state index in [1.165, 1.54) is 10.9 Å². The molecule has 0 unspecified atom stereocenters. The molecular weight excluding hydrogens is 313 g/mol. The monoisotopic (exact) mass is 325 g/mol. The molecule has 0 N–H and O–H groups in total. The van der Waals surface area contributed by atoms with Gasteiger partial charge < -0.3 is 0 Å². The number of non-ortho nitro benzene ring substituents is 1. The number of fused-ring (bicyclic) bond motifs is 1. The van der Waals surface area contributed by atoms with Gasteiger partial charge >= 0.3 is 0 Å². The Bertz CT molecular complexity index is 958. The summed E-state index contributed by atoms with van der Waals surface area (Å²) in [5.41, 5.74) is 1.49. The Hall–Kier alpha value is -3.34. The second kappa shape index (κ2) is 6.83. The minimum Gasteiger partial charge on any atom is -0.258 e. The van der Waals surface area contributed by atoms with Crippen LogP contribution in [-0.2, 0) is 13.2 Å². The smallest absolute Gasteiger partial charge is 0.258 e. The van der Waals surface area contributed by atoms with E-state index < -0.39 is 11.6 Å². The molecule has 0 saturated heterocycles. The van der Waals surface area contributed by atoms with Crippen molar-refractivity contribution in [1.29, 1.82) is 0 Å². The highest BCUT2D eigenvalue weighted by atomic mass is 19.1. The van der Waals surface area contributed by atoms with Gasteiger partial charge in [0.25, 0.3) is 5.69 Å². The van der Waals surface area contributed by atoms with E-state index in [4.69, 9.17) is 0 Å². The molecule has 0 fully saturated rings. The number of aryl methyl sites for hydroxylation is 1. The van der Waals surface area contributed by atoms with Crippen molar-refractivity contribution in [3.8, 4) is 11.8 Å². The minimum absolute atomic E-state index is 0.0722. The number of nitro benzene ring substituents is 1. The number of halogens is 1. The van der Waals surface area contributed by atoms with Gasteiger partial charge in [-0.3, -0.25) is 10.1 Å². The number of rotatable bonds is 4. The highest BCUT2D eigenvalue weighted by Crippen LogP contribution is 2.21. The lowest BCUT2D eigenvalue weighted by molar-refractivity contribution is -0.383.